The second-order valence-corrected chi connectivity index (χ2v) is 7.14. The van der Waals surface area contributed by atoms with Gasteiger partial charge in [0.1, 0.15) is 6.10 Å². The van der Waals surface area contributed by atoms with Gasteiger partial charge in [-0.2, -0.15) is 5.10 Å². The summed E-state index contributed by atoms with van der Waals surface area (Å²) in [4.78, 5) is 15.3. The van der Waals surface area contributed by atoms with E-state index in [9.17, 15) is 4.79 Å². The van der Waals surface area contributed by atoms with Gasteiger partial charge in [0.05, 0.1) is 24.9 Å². The first-order valence-corrected chi connectivity index (χ1v) is 9.28. The molecule has 0 spiro atoms. The first-order valence-electron chi connectivity index (χ1n) is 9.28. The SMILES string of the molecule is Cc1nn(C)c(C)c1C1COCCN1C(=O)C1Oc2ccccc2OC1C. The Labute approximate surface area is 158 Å². The highest BCUT2D eigenvalue weighted by atomic mass is 16.6. The lowest BCUT2D eigenvalue weighted by Gasteiger charge is -2.40. The normalized spacial score (nSPS) is 24.7. The van der Waals surface area contributed by atoms with E-state index in [0.29, 0.717) is 31.3 Å². The lowest BCUT2D eigenvalue weighted by atomic mass is 10.0. The van der Waals surface area contributed by atoms with Gasteiger partial charge < -0.3 is 19.1 Å². The van der Waals surface area contributed by atoms with Crippen molar-refractivity contribution >= 4 is 5.91 Å². The molecule has 1 saturated heterocycles. The van der Waals surface area contributed by atoms with Crippen molar-refractivity contribution < 1.29 is 19.0 Å². The van der Waals surface area contributed by atoms with Gasteiger partial charge in [0.2, 0.25) is 6.10 Å². The molecule has 3 atom stereocenters. The molecule has 2 aliphatic rings. The van der Waals surface area contributed by atoms with E-state index in [1.807, 2.05) is 61.7 Å². The molecule has 2 aliphatic heterocycles. The zero-order chi connectivity index (χ0) is 19.1. The van der Waals surface area contributed by atoms with Crippen LogP contribution in [0.15, 0.2) is 24.3 Å². The van der Waals surface area contributed by atoms with Crippen LogP contribution in [0.4, 0.5) is 0 Å². The third-order valence-corrected chi connectivity index (χ3v) is 5.40. The lowest BCUT2D eigenvalue weighted by molar-refractivity contribution is -0.153. The number of ether oxygens (including phenoxy) is 3. The van der Waals surface area contributed by atoms with Crippen LogP contribution in [0, 0.1) is 13.8 Å². The van der Waals surface area contributed by atoms with Gasteiger partial charge in [-0.05, 0) is 32.9 Å². The van der Waals surface area contributed by atoms with Crippen LogP contribution in [0.1, 0.15) is 29.9 Å². The number of nitrogens with zero attached hydrogens (tertiary/aromatic N) is 3. The van der Waals surface area contributed by atoms with Crippen molar-refractivity contribution in [3.05, 3.63) is 41.2 Å². The number of para-hydroxylation sites is 2. The summed E-state index contributed by atoms with van der Waals surface area (Å²) in [5.74, 6) is 1.20. The van der Waals surface area contributed by atoms with Gasteiger partial charge in [0, 0.05) is 24.8 Å². The second-order valence-electron chi connectivity index (χ2n) is 7.14. The topological polar surface area (TPSA) is 65.8 Å². The number of benzene rings is 1. The Kier molecular flexibility index (Phi) is 4.55. The molecule has 3 unspecified atom stereocenters. The van der Waals surface area contributed by atoms with E-state index in [1.54, 1.807) is 0 Å². The van der Waals surface area contributed by atoms with Crippen molar-refractivity contribution in [3.63, 3.8) is 0 Å². The molecule has 0 radical (unpaired) electrons. The van der Waals surface area contributed by atoms with Crippen LogP contribution >= 0.6 is 0 Å². The van der Waals surface area contributed by atoms with Crippen LogP contribution in [0.3, 0.4) is 0 Å². The quantitative estimate of drug-likeness (QED) is 0.809. The first kappa shape index (κ1) is 17.9. The fourth-order valence-electron chi connectivity index (χ4n) is 3.93. The molecule has 1 fully saturated rings. The van der Waals surface area contributed by atoms with Crippen molar-refractivity contribution in [1.82, 2.24) is 14.7 Å². The molecule has 7 nitrogen and oxygen atoms in total. The van der Waals surface area contributed by atoms with E-state index in [0.717, 1.165) is 17.0 Å². The number of aromatic nitrogens is 2. The van der Waals surface area contributed by atoms with Gasteiger partial charge in [-0.1, -0.05) is 12.1 Å². The van der Waals surface area contributed by atoms with Crippen LogP contribution in [-0.4, -0.2) is 52.6 Å². The van der Waals surface area contributed by atoms with Gasteiger partial charge in [-0.15, -0.1) is 0 Å². The molecule has 2 aromatic rings. The summed E-state index contributed by atoms with van der Waals surface area (Å²) >= 11 is 0. The average Bonchev–Trinajstić information content (AvgIpc) is 2.92. The van der Waals surface area contributed by atoms with Gasteiger partial charge in [0.15, 0.2) is 11.5 Å². The van der Waals surface area contributed by atoms with Crippen LogP contribution in [0.5, 0.6) is 11.5 Å². The summed E-state index contributed by atoms with van der Waals surface area (Å²) < 4.78 is 19.5. The molecule has 27 heavy (non-hydrogen) atoms. The predicted octanol–water partition coefficient (Wildman–Crippen LogP) is 2.17. The molecule has 1 aromatic carbocycles. The Bertz CT molecular complexity index is 863. The third kappa shape index (κ3) is 3.06. The number of hydrogen-bond donors (Lipinski definition) is 0. The molecule has 4 rings (SSSR count). The minimum absolute atomic E-state index is 0.0760. The Balaban J connectivity index is 1.63. The van der Waals surface area contributed by atoms with Crippen LogP contribution in [-0.2, 0) is 16.6 Å². The lowest BCUT2D eigenvalue weighted by Crippen LogP contribution is -2.54. The highest BCUT2D eigenvalue weighted by molar-refractivity contribution is 5.83. The molecule has 0 aliphatic carbocycles. The standard InChI is InChI=1S/C20H25N3O4/c1-12-18(13(2)22(4)21-12)15-11-25-10-9-23(15)20(24)19-14(3)26-16-7-5-6-8-17(16)27-19/h5-8,14-15,19H,9-11H2,1-4H3. The molecule has 0 bridgehead atoms. The van der Waals surface area contributed by atoms with E-state index >= 15 is 0 Å². The monoisotopic (exact) mass is 371 g/mol. The summed E-state index contributed by atoms with van der Waals surface area (Å²) in [6, 6.07) is 7.27. The third-order valence-electron chi connectivity index (χ3n) is 5.40. The Hall–Kier alpha value is -2.54. The van der Waals surface area contributed by atoms with Crippen molar-refractivity contribution in [1.29, 1.82) is 0 Å². The van der Waals surface area contributed by atoms with E-state index in [-0.39, 0.29) is 18.1 Å². The Morgan fingerprint density at radius 2 is 1.89 bits per heavy atom. The smallest absolute Gasteiger partial charge is 0.268 e. The minimum atomic E-state index is -0.683. The second kappa shape index (κ2) is 6.88. The van der Waals surface area contributed by atoms with Crippen LogP contribution < -0.4 is 9.47 Å². The fourth-order valence-corrected chi connectivity index (χ4v) is 3.93. The first-order chi connectivity index (χ1) is 13.0. The summed E-state index contributed by atoms with van der Waals surface area (Å²) in [5.41, 5.74) is 3.01. The van der Waals surface area contributed by atoms with Gasteiger partial charge in [-0.25, -0.2) is 0 Å². The maximum atomic E-state index is 13.4. The molecule has 7 heteroatoms. The molecule has 3 heterocycles. The maximum absolute atomic E-state index is 13.4. The maximum Gasteiger partial charge on any atom is 0.268 e. The number of amides is 1. The zero-order valence-electron chi connectivity index (χ0n) is 16.1. The highest BCUT2D eigenvalue weighted by Gasteiger charge is 2.41. The van der Waals surface area contributed by atoms with Gasteiger partial charge in [-0.3, -0.25) is 9.48 Å². The molecule has 1 aromatic heterocycles. The highest BCUT2D eigenvalue weighted by Crippen LogP contribution is 2.36. The predicted molar refractivity (Wildman–Crippen MR) is 98.9 cm³/mol. The molecule has 0 saturated carbocycles. The van der Waals surface area contributed by atoms with E-state index in [4.69, 9.17) is 14.2 Å². The van der Waals surface area contributed by atoms with E-state index < -0.39 is 6.10 Å². The number of rotatable bonds is 2. The molecule has 144 valence electrons. The summed E-state index contributed by atoms with van der Waals surface area (Å²) in [7, 11) is 1.92. The van der Waals surface area contributed by atoms with Crippen molar-refractivity contribution in [2.45, 2.75) is 39.0 Å². The zero-order valence-corrected chi connectivity index (χ0v) is 16.1. The van der Waals surface area contributed by atoms with Gasteiger partial charge >= 0.3 is 0 Å². The number of morpholine rings is 1. The summed E-state index contributed by atoms with van der Waals surface area (Å²) in [6.45, 7) is 7.35. The number of fused-ring (bicyclic) bond motifs is 1. The van der Waals surface area contributed by atoms with Crippen molar-refractivity contribution in [2.24, 2.45) is 7.05 Å². The number of carbonyl (C=O) groups excluding carboxylic acids is 1. The molecule has 0 N–H and O–H groups in total. The number of hydrogen-bond acceptors (Lipinski definition) is 5. The Morgan fingerprint density at radius 3 is 2.56 bits per heavy atom. The summed E-state index contributed by atoms with van der Waals surface area (Å²) in [6.07, 6.45) is -1.05. The Morgan fingerprint density at radius 1 is 1.19 bits per heavy atom. The minimum Gasteiger partial charge on any atom is -0.482 e. The van der Waals surface area contributed by atoms with Crippen molar-refractivity contribution in [2.75, 3.05) is 19.8 Å². The van der Waals surface area contributed by atoms with E-state index in [2.05, 4.69) is 5.10 Å². The van der Waals surface area contributed by atoms with E-state index in [1.165, 1.54) is 0 Å². The van der Waals surface area contributed by atoms with Crippen molar-refractivity contribution in [3.8, 4) is 11.5 Å². The number of carbonyl (C=O) groups is 1. The fraction of sp³-hybridized carbons (Fsp3) is 0.500. The largest absolute Gasteiger partial charge is 0.482 e. The van der Waals surface area contributed by atoms with Gasteiger partial charge in [0.25, 0.3) is 5.91 Å². The molecule has 1 amide bonds. The summed E-state index contributed by atoms with van der Waals surface area (Å²) in [5, 5.41) is 4.50. The van der Waals surface area contributed by atoms with Crippen LogP contribution in [0.2, 0.25) is 0 Å². The van der Waals surface area contributed by atoms with Crippen LogP contribution in [0.25, 0.3) is 0 Å². The number of aryl methyl sites for hydroxylation is 2. The average molecular weight is 371 g/mol. The molecular formula is C20H25N3O4. The molecular weight excluding hydrogens is 346 g/mol.